The summed E-state index contributed by atoms with van der Waals surface area (Å²) in [7, 11) is 0. The van der Waals surface area contributed by atoms with Gasteiger partial charge in [0, 0.05) is 11.5 Å². The van der Waals surface area contributed by atoms with Gasteiger partial charge >= 0.3 is 22.7 Å². The zero-order valence-electron chi connectivity index (χ0n) is 16.3. The number of fused-ring (bicyclic) bond motifs is 1. The van der Waals surface area contributed by atoms with Crippen LogP contribution < -0.4 is 22.7 Å². The molecule has 2 aromatic heterocycles. The van der Waals surface area contributed by atoms with Gasteiger partial charge in [0.2, 0.25) is 0 Å². The van der Waals surface area contributed by atoms with E-state index in [1.807, 2.05) is 19.9 Å². The van der Waals surface area contributed by atoms with Crippen molar-refractivity contribution < 1.29 is 4.42 Å². The first kappa shape index (κ1) is 20.1. The van der Waals surface area contributed by atoms with Crippen LogP contribution in [0.5, 0.6) is 0 Å². The Hall–Kier alpha value is -3.68. The highest BCUT2D eigenvalue weighted by Crippen LogP contribution is 2.21. The maximum atomic E-state index is 12.8. The number of nitrogens with zero attached hydrogens (tertiary/aromatic N) is 3. The summed E-state index contributed by atoms with van der Waals surface area (Å²) in [6, 6.07) is 4.84. The Kier molecular flexibility index (Phi) is 5.36. The third kappa shape index (κ3) is 3.56. The number of aromatic nitrogens is 3. The predicted octanol–water partition coefficient (Wildman–Crippen LogP) is 1.32. The molecule has 0 spiro atoms. The van der Waals surface area contributed by atoms with Gasteiger partial charge in [-0.2, -0.15) is 0 Å². The molecule has 2 heterocycles. The molecule has 8 nitrogen and oxygen atoms in total. The minimum atomic E-state index is -0.773. The molecule has 0 aliphatic rings. The standard InChI is InChI=1S/C21H21N3O5/c1-5-7-22-19(26)23(8-6-2)21(28)24(20(22)27)12-15-11-18(25)29-17-10-14(4)13(3)9-16(15)17/h5-6,9-11H,1-2,7-8,12H2,3-4H3. The summed E-state index contributed by atoms with van der Waals surface area (Å²) >= 11 is 0. The van der Waals surface area contributed by atoms with E-state index in [1.54, 1.807) is 6.07 Å². The Morgan fingerprint density at radius 1 is 0.828 bits per heavy atom. The number of aryl methyl sites for hydroxylation is 2. The van der Waals surface area contributed by atoms with Crippen molar-refractivity contribution in [2.24, 2.45) is 0 Å². The van der Waals surface area contributed by atoms with E-state index in [4.69, 9.17) is 4.42 Å². The van der Waals surface area contributed by atoms with Crippen molar-refractivity contribution >= 4 is 11.0 Å². The first-order valence-electron chi connectivity index (χ1n) is 8.98. The predicted molar refractivity (Wildman–Crippen MR) is 111 cm³/mol. The first-order chi connectivity index (χ1) is 13.8. The normalized spacial score (nSPS) is 11.0. The van der Waals surface area contributed by atoms with Crippen molar-refractivity contribution in [3.63, 3.8) is 0 Å². The Bertz CT molecular complexity index is 1320. The molecule has 3 aromatic rings. The van der Waals surface area contributed by atoms with Crippen molar-refractivity contribution in [3.05, 3.63) is 102 Å². The second kappa shape index (κ2) is 7.75. The van der Waals surface area contributed by atoms with Crippen LogP contribution in [0.25, 0.3) is 11.0 Å². The second-order valence-electron chi connectivity index (χ2n) is 6.76. The molecule has 3 rings (SSSR count). The lowest BCUT2D eigenvalue weighted by Gasteiger charge is -2.13. The van der Waals surface area contributed by atoms with Crippen LogP contribution in [0.15, 0.2) is 67.1 Å². The van der Waals surface area contributed by atoms with Crippen LogP contribution >= 0.6 is 0 Å². The molecule has 0 unspecified atom stereocenters. The highest BCUT2D eigenvalue weighted by Gasteiger charge is 2.16. The molecule has 0 fully saturated rings. The Balaban J connectivity index is 2.32. The smallest absolute Gasteiger partial charge is 0.336 e. The Morgan fingerprint density at radius 3 is 1.90 bits per heavy atom. The highest BCUT2D eigenvalue weighted by molar-refractivity contribution is 5.81. The van der Waals surface area contributed by atoms with Crippen LogP contribution in [0.1, 0.15) is 16.7 Å². The van der Waals surface area contributed by atoms with E-state index >= 15 is 0 Å². The van der Waals surface area contributed by atoms with Gasteiger partial charge in [-0.1, -0.05) is 12.2 Å². The lowest BCUT2D eigenvalue weighted by Crippen LogP contribution is -2.54. The quantitative estimate of drug-likeness (QED) is 0.463. The molecule has 0 saturated carbocycles. The molecular formula is C21H21N3O5. The van der Waals surface area contributed by atoms with Crippen molar-refractivity contribution in [1.82, 2.24) is 13.7 Å². The van der Waals surface area contributed by atoms with Gasteiger partial charge in [0.1, 0.15) is 5.58 Å². The van der Waals surface area contributed by atoms with Gasteiger partial charge in [-0.15, -0.1) is 13.2 Å². The zero-order valence-corrected chi connectivity index (χ0v) is 16.3. The Labute approximate surface area is 165 Å². The van der Waals surface area contributed by atoms with E-state index in [9.17, 15) is 19.2 Å². The van der Waals surface area contributed by atoms with Crippen molar-refractivity contribution in [2.75, 3.05) is 0 Å². The number of allylic oxidation sites excluding steroid dienone is 2. The number of hydrogen-bond acceptors (Lipinski definition) is 5. The SMILES string of the molecule is C=CCn1c(=O)n(CC=C)c(=O)n(Cc2cc(=O)oc3cc(C)c(C)cc23)c1=O. The van der Waals surface area contributed by atoms with Crippen molar-refractivity contribution in [3.8, 4) is 0 Å². The van der Waals surface area contributed by atoms with E-state index < -0.39 is 22.7 Å². The minimum absolute atomic E-state index is 0.0505. The van der Waals surface area contributed by atoms with E-state index in [2.05, 4.69) is 13.2 Å². The highest BCUT2D eigenvalue weighted by atomic mass is 16.4. The lowest BCUT2D eigenvalue weighted by atomic mass is 10.0. The first-order valence-corrected chi connectivity index (χ1v) is 8.98. The fraction of sp³-hybridized carbons (Fsp3) is 0.238. The third-order valence-corrected chi connectivity index (χ3v) is 4.78. The van der Waals surface area contributed by atoms with Crippen LogP contribution in [0.3, 0.4) is 0 Å². The summed E-state index contributed by atoms with van der Waals surface area (Å²) in [5.41, 5.74) is -0.129. The van der Waals surface area contributed by atoms with Gasteiger partial charge in [-0.3, -0.25) is 0 Å². The number of hydrogen-bond donors (Lipinski definition) is 0. The number of benzene rings is 1. The third-order valence-electron chi connectivity index (χ3n) is 4.78. The summed E-state index contributed by atoms with van der Waals surface area (Å²) < 4.78 is 8.04. The van der Waals surface area contributed by atoms with E-state index in [1.165, 1.54) is 18.2 Å². The van der Waals surface area contributed by atoms with E-state index in [0.29, 0.717) is 16.5 Å². The van der Waals surface area contributed by atoms with Crippen LogP contribution in [-0.2, 0) is 19.6 Å². The van der Waals surface area contributed by atoms with Gasteiger partial charge in [0.25, 0.3) is 0 Å². The average Bonchev–Trinajstić information content (AvgIpc) is 2.67. The average molecular weight is 395 g/mol. The fourth-order valence-electron chi connectivity index (χ4n) is 3.17. The molecule has 0 N–H and O–H groups in total. The topological polar surface area (TPSA) is 96.2 Å². The zero-order chi connectivity index (χ0) is 21.3. The summed E-state index contributed by atoms with van der Waals surface area (Å²) in [5.74, 6) is 0. The summed E-state index contributed by atoms with van der Waals surface area (Å²) in [5, 5.41) is 0.621. The van der Waals surface area contributed by atoms with E-state index in [-0.39, 0.29) is 19.6 Å². The maximum absolute atomic E-state index is 12.8. The molecular weight excluding hydrogens is 374 g/mol. The van der Waals surface area contributed by atoms with Gasteiger partial charge in [-0.05, 0) is 42.7 Å². The molecule has 150 valence electrons. The van der Waals surface area contributed by atoms with Crippen molar-refractivity contribution in [2.45, 2.75) is 33.5 Å². The monoisotopic (exact) mass is 395 g/mol. The van der Waals surface area contributed by atoms with Gasteiger partial charge in [0.05, 0.1) is 19.6 Å². The van der Waals surface area contributed by atoms with E-state index in [0.717, 1.165) is 24.8 Å². The molecule has 0 amide bonds. The van der Waals surface area contributed by atoms with Gasteiger partial charge in [0.15, 0.2) is 0 Å². The van der Waals surface area contributed by atoms with Crippen LogP contribution in [0, 0.1) is 13.8 Å². The molecule has 0 aliphatic carbocycles. The largest absolute Gasteiger partial charge is 0.423 e. The lowest BCUT2D eigenvalue weighted by molar-refractivity contribution is 0.497. The molecule has 29 heavy (non-hydrogen) atoms. The summed E-state index contributed by atoms with van der Waals surface area (Å²) in [6.07, 6.45) is 2.79. The second-order valence-corrected chi connectivity index (χ2v) is 6.76. The van der Waals surface area contributed by atoms with Gasteiger partial charge in [-0.25, -0.2) is 32.9 Å². The fourth-order valence-corrected chi connectivity index (χ4v) is 3.17. The number of rotatable bonds is 6. The molecule has 1 aromatic carbocycles. The molecule has 0 saturated heterocycles. The molecule has 0 radical (unpaired) electrons. The Morgan fingerprint density at radius 2 is 1.34 bits per heavy atom. The summed E-state index contributed by atoms with van der Waals surface area (Å²) in [4.78, 5) is 50.2. The molecule has 0 atom stereocenters. The van der Waals surface area contributed by atoms with Crippen LogP contribution in [0.2, 0.25) is 0 Å². The van der Waals surface area contributed by atoms with Crippen molar-refractivity contribution in [1.29, 1.82) is 0 Å². The molecule has 8 heteroatoms. The van der Waals surface area contributed by atoms with Gasteiger partial charge < -0.3 is 4.42 Å². The minimum Gasteiger partial charge on any atom is -0.423 e. The van der Waals surface area contributed by atoms with Crippen LogP contribution in [-0.4, -0.2) is 13.7 Å². The van der Waals surface area contributed by atoms with Crippen LogP contribution in [0.4, 0.5) is 0 Å². The molecule has 0 aliphatic heterocycles. The summed E-state index contributed by atoms with van der Waals surface area (Å²) in [6.45, 7) is 10.6. The maximum Gasteiger partial charge on any atom is 0.336 e. The molecule has 0 bridgehead atoms.